The molecule has 0 radical (unpaired) electrons. The normalized spacial score (nSPS) is 9.68. The standard InChI is InChI=1S/C14H12N4O/c1-18(12-4-2-3-10(7-12)9-15)14(19)13-8-11(16)5-6-17-13/h2-8H,1H3,(H2,16,17). The number of carbonyl (C=O) groups is 1. The number of hydrogen-bond acceptors (Lipinski definition) is 4. The monoisotopic (exact) mass is 252 g/mol. The molecule has 1 heterocycles. The van der Waals surface area contributed by atoms with Crippen LogP contribution in [0.1, 0.15) is 16.1 Å². The average Bonchev–Trinajstić information content (AvgIpc) is 2.45. The maximum Gasteiger partial charge on any atom is 0.276 e. The molecule has 0 unspecified atom stereocenters. The Morgan fingerprint density at radius 2 is 2.16 bits per heavy atom. The summed E-state index contributed by atoms with van der Waals surface area (Å²) in [5, 5.41) is 8.85. The number of pyridine rings is 1. The summed E-state index contributed by atoms with van der Waals surface area (Å²) >= 11 is 0. The minimum Gasteiger partial charge on any atom is -0.399 e. The minimum absolute atomic E-state index is 0.268. The van der Waals surface area contributed by atoms with Crippen molar-refractivity contribution in [3.63, 3.8) is 0 Å². The largest absolute Gasteiger partial charge is 0.399 e. The lowest BCUT2D eigenvalue weighted by Gasteiger charge is -2.17. The Morgan fingerprint density at radius 1 is 1.37 bits per heavy atom. The van der Waals surface area contributed by atoms with E-state index in [9.17, 15) is 4.79 Å². The number of nitrogen functional groups attached to an aromatic ring is 1. The molecule has 1 aromatic heterocycles. The quantitative estimate of drug-likeness (QED) is 0.883. The Morgan fingerprint density at radius 3 is 2.84 bits per heavy atom. The van der Waals surface area contributed by atoms with Gasteiger partial charge in [-0.2, -0.15) is 5.26 Å². The highest BCUT2D eigenvalue weighted by molar-refractivity contribution is 6.04. The molecule has 0 bridgehead atoms. The van der Waals surface area contributed by atoms with E-state index in [1.807, 2.05) is 6.07 Å². The number of hydrogen-bond donors (Lipinski definition) is 1. The third kappa shape index (κ3) is 2.69. The number of aromatic nitrogens is 1. The zero-order valence-corrected chi connectivity index (χ0v) is 10.4. The van der Waals surface area contributed by atoms with Crippen LogP contribution < -0.4 is 10.6 Å². The van der Waals surface area contributed by atoms with E-state index in [-0.39, 0.29) is 11.6 Å². The van der Waals surface area contributed by atoms with Gasteiger partial charge in [0.15, 0.2) is 0 Å². The summed E-state index contributed by atoms with van der Waals surface area (Å²) in [4.78, 5) is 17.6. The van der Waals surface area contributed by atoms with Gasteiger partial charge in [0, 0.05) is 24.6 Å². The molecular formula is C14H12N4O. The predicted octanol–water partition coefficient (Wildman–Crippen LogP) is 1.81. The van der Waals surface area contributed by atoms with Gasteiger partial charge >= 0.3 is 0 Å². The van der Waals surface area contributed by atoms with Gasteiger partial charge in [0.25, 0.3) is 5.91 Å². The number of amides is 1. The van der Waals surface area contributed by atoms with Crippen LogP contribution in [0.5, 0.6) is 0 Å². The second-order valence-corrected chi connectivity index (χ2v) is 4.00. The molecule has 0 aliphatic heterocycles. The lowest BCUT2D eigenvalue weighted by Crippen LogP contribution is -2.27. The van der Waals surface area contributed by atoms with Crippen LogP contribution >= 0.6 is 0 Å². The fourth-order valence-electron chi connectivity index (χ4n) is 1.64. The zero-order valence-electron chi connectivity index (χ0n) is 10.4. The van der Waals surface area contributed by atoms with Gasteiger partial charge in [-0.15, -0.1) is 0 Å². The summed E-state index contributed by atoms with van der Waals surface area (Å²) in [7, 11) is 1.63. The third-order valence-corrected chi connectivity index (χ3v) is 2.67. The van der Waals surface area contributed by atoms with Crippen LogP contribution in [0.15, 0.2) is 42.6 Å². The molecule has 0 saturated carbocycles. The maximum atomic E-state index is 12.2. The number of rotatable bonds is 2. The van der Waals surface area contributed by atoms with Crippen molar-refractivity contribution in [2.45, 2.75) is 0 Å². The van der Waals surface area contributed by atoms with Gasteiger partial charge in [-0.3, -0.25) is 9.78 Å². The maximum absolute atomic E-state index is 12.2. The number of nitrogens with zero attached hydrogens (tertiary/aromatic N) is 3. The fourth-order valence-corrected chi connectivity index (χ4v) is 1.64. The molecule has 0 fully saturated rings. The molecule has 1 amide bonds. The zero-order chi connectivity index (χ0) is 13.8. The van der Waals surface area contributed by atoms with Crippen LogP contribution in [0.3, 0.4) is 0 Å². The first-order valence-corrected chi connectivity index (χ1v) is 5.61. The van der Waals surface area contributed by atoms with E-state index in [1.54, 1.807) is 37.4 Å². The number of nitrogens with two attached hydrogens (primary N) is 1. The van der Waals surface area contributed by atoms with Crippen LogP contribution in [0.4, 0.5) is 11.4 Å². The molecule has 94 valence electrons. The van der Waals surface area contributed by atoms with Crippen molar-refractivity contribution >= 4 is 17.3 Å². The topological polar surface area (TPSA) is 83.0 Å². The van der Waals surface area contributed by atoms with E-state index >= 15 is 0 Å². The Balaban J connectivity index is 2.31. The van der Waals surface area contributed by atoms with Crippen molar-refractivity contribution in [2.75, 3.05) is 17.7 Å². The third-order valence-electron chi connectivity index (χ3n) is 2.67. The summed E-state index contributed by atoms with van der Waals surface area (Å²) < 4.78 is 0. The van der Waals surface area contributed by atoms with Crippen molar-refractivity contribution < 1.29 is 4.79 Å². The number of carbonyl (C=O) groups excluding carboxylic acids is 1. The molecule has 2 N–H and O–H groups in total. The van der Waals surface area contributed by atoms with Crippen LogP contribution in [0.2, 0.25) is 0 Å². The number of anilines is 2. The molecule has 0 atom stereocenters. The number of benzene rings is 1. The summed E-state index contributed by atoms with van der Waals surface area (Å²) in [5.74, 6) is -0.276. The first-order valence-electron chi connectivity index (χ1n) is 5.61. The average molecular weight is 252 g/mol. The molecule has 0 spiro atoms. The van der Waals surface area contributed by atoms with Crippen LogP contribution in [0, 0.1) is 11.3 Å². The van der Waals surface area contributed by atoms with Gasteiger partial charge in [0.1, 0.15) is 5.69 Å². The van der Waals surface area contributed by atoms with Gasteiger partial charge in [-0.1, -0.05) is 6.07 Å². The Hall–Kier alpha value is -2.87. The van der Waals surface area contributed by atoms with E-state index in [4.69, 9.17) is 11.0 Å². The van der Waals surface area contributed by atoms with E-state index in [1.165, 1.54) is 17.2 Å². The molecule has 1 aromatic carbocycles. The Bertz CT molecular complexity index is 660. The van der Waals surface area contributed by atoms with Crippen LogP contribution in [-0.4, -0.2) is 17.9 Å². The van der Waals surface area contributed by atoms with Gasteiger partial charge in [-0.25, -0.2) is 0 Å². The molecule has 0 aliphatic rings. The van der Waals surface area contributed by atoms with Gasteiger partial charge in [0.2, 0.25) is 0 Å². The highest BCUT2D eigenvalue weighted by atomic mass is 16.2. The van der Waals surface area contributed by atoms with Crippen LogP contribution in [0.25, 0.3) is 0 Å². The Labute approximate surface area is 110 Å². The first kappa shape index (κ1) is 12.6. The van der Waals surface area contributed by atoms with Crippen molar-refractivity contribution in [3.05, 3.63) is 53.9 Å². The SMILES string of the molecule is CN(C(=O)c1cc(N)ccn1)c1cccc(C#N)c1. The molecule has 0 aliphatic carbocycles. The summed E-state index contributed by atoms with van der Waals surface area (Å²) in [5.41, 5.74) is 7.51. The fraction of sp³-hybridized carbons (Fsp3) is 0.0714. The van der Waals surface area contributed by atoms with Crippen molar-refractivity contribution in [1.29, 1.82) is 5.26 Å². The van der Waals surface area contributed by atoms with E-state index in [0.717, 1.165) is 0 Å². The summed E-state index contributed by atoms with van der Waals surface area (Å²) in [6.07, 6.45) is 1.49. The first-order chi connectivity index (χ1) is 9.11. The van der Waals surface area contributed by atoms with Gasteiger partial charge in [-0.05, 0) is 30.3 Å². The molecule has 19 heavy (non-hydrogen) atoms. The molecule has 5 nitrogen and oxygen atoms in total. The molecule has 2 rings (SSSR count). The predicted molar refractivity (Wildman–Crippen MR) is 72.5 cm³/mol. The summed E-state index contributed by atoms with van der Waals surface area (Å²) in [6.45, 7) is 0. The van der Waals surface area contributed by atoms with Gasteiger partial charge < -0.3 is 10.6 Å². The number of nitriles is 1. The van der Waals surface area contributed by atoms with E-state index in [2.05, 4.69) is 4.98 Å². The van der Waals surface area contributed by atoms with E-state index < -0.39 is 0 Å². The molecular weight excluding hydrogens is 240 g/mol. The molecule has 5 heteroatoms. The lowest BCUT2D eigenvalue weighted by atomic mass is 10.2. The second kappa shape index (κ2) is 5.19. The highest BCUT2D eigenvalue weighted by Gasteiger charge is 2.15. The minimum atomic E-state index is -0.276. The van der Waals surface area contributed by atoms with E-state index in [0.29, 0.717) is 16.9 Å². The molecule has 2 aromatic rings. The lowest BCUT2D eigenvalue weighted by molar-refractivity contribution is 0.0988. The van der Waals surface area contributed by atoms with Gasteiger partial charge in [0.05, 0.1) is 11.6 Å². The molecule has 0 saturated heterocycles. The van der Waals surface area contributed by atoms with Crippen LogP contribution in [-0.2, 0) is 0 Å². The van der Waals surface area contributed by atoms with Crippen molar-refractivity contribution in [1.82, 2.24) is 4.98 Å². The second-order valence-electron chi connectivity index (χ2n) is 4.00. The smallest absolute Gasteiger partial charge is 0.276 e. The highest BCUT2D eigenvalue weighted by Crippen LogP contribution is 2.17. The summed E-state index contributed by atoms with van der Waals surface area (Å²) in [6, 6.07) is 12.0. The van der Waals surface area contributed by atoms with Crippen molar-refractivity contribution in [3.8, 4) is 6.07 Å². The Kier molecular flexibility index (Phi) is 3.44. The van der Waals surface area contributed by atoms with Crippen molar-refractivity contribution in [2.24, 2.45) is 0 Å².